The number of aromatic nitrogens is 2. The van der Waals surface area contributed by atoms with E-state index in [1.807, 2.05) is 30.3 Å². The number of carbonyl (C=O) groups excluding carboxylic acids is 2. The van der Waals surface area contributed by atoms with E-state index in [0.717, 1.165) is 10.5 Å². The van der Waals surface area contributed by atoms with E-state index in [2.05, 4.69) is 15.5 Å². The zero-order valence-electron chi connectivity index (χ0n) is 13.9. The van der Waals surface area contributed by atoms with Crippen molar-refractivity contribution in [3.63, 3.8) is 0 Å². The molecule has 0 unspecified atom stereocenters. The van der Waals surface area contributed by atoms with Gasteiger partial charge in [-0.3, -0.25) is 14.5 Å². The van der Waals surface area contributed by atoms with Gasteiger partial charge in [-0.2, -0.15) is 4.98 Å². The van der Waals surface area contributed by atoms with Crippen LogP contribution in [0.2, 0.25) is 0 Å². The molecule has 1 atom stereocenters. The first-order valence-electron chi connectivity index (χ1n) is 8.19. The van der Waals surface area contributed by atoms with Gasteiger partial charge in [-0.05, 0) is 5.56 Å². The fourth-order valence-electron chi connectivity index (χ4n) is 2.75. The van der Waals surface area contributed by atoms with Crippen LogP contribution in [0.15, 0.2) is 34.9 Å². The molecule has 3 rings (SSSR count). The third-order valence-corrected chi connectivity index (χ3v) is 3.98. The molecule has 1 aromatic carbocycles. The Morgan fingerprint density at radius 1 is 1.31 bits per heavy atom. The average molecular weight is 358 g/mol. The maximum atomic E-state index is 12.1. The largest absolute Gasteiger partial charge is 0.481 e. The topological polar surface area (TPSA) is 126 Å². The van der Waals surface area contributed by atoms with Gasteiger partial charge in [-0.15, -0.1) is 0 Å². The quantitative estimate of drug-likeness (QED) is 0.756. The normalized spacial score (nSPS) is 17.2. The van der Waals surface area contributed by atoms with Gasteiger partial charge in [0.1, 0.15) is 0 Å². The molecule has 0 aliphatic carbocycles. The van der Waals surface area contributed by atoms with Crippen LogP contribution in [0.3, 0.4) is 0 Å². The van der Waals surface area contributed by atoms with E-state index in [0.29, 0.717) is 18.1 Å². The molecule has 9 nitrogen and oxygen atoms in total. The first-order chi connectivity index (χ1) is 12.5. The fraction of sp³-hybridized carbons (Fsp3) is 0.353. The van der Waals surface area contributed by atoms with E-state index in [-0.39, 0.29) is 25.8 Å². The van der Waals surface area contributed by atoms with Gasteiger partial charge in [0.15, 0.2) is 5.82 Å². The second-order valence-electron chi connectivity index (χ2n) is 6.01. The molecule has 26 heavy (non-hydrogen) atoms. The van der Waals surface area contributed by atoms with E-state index in [9.17, 15) is 14.4 Å². The summed E-state index contributed by atoms with van der Waals surface area (Å²) in [5.41, 5.74) is 1.05. The standard InChI is InChI=1S/C17H18N4O5/c22-15-9-12(10-16(23)24)18-17(25)21(15)7-6-14-19-13(20-26-14)8-11-4-2-1-3-5-11/h1-5,12H,6-10H2,(H,18,25)(H,23,24)/t12-/m1/s1. The molecule has 0 saturated carbocycles. The van der Waals surface area contributed by atoms with Gasteiger partial charge in [-0.1, -0.05) is 35.5 Å². The lowest BCUT2D eigenvalue weighted by Crippen LogP contribution is -2.55. The third-order valence-electron chi connectivity index (χ3n) is 3.98. The van der Waals surface area contributed by atoms with E-state index in [1.165, 1.54) is 0 Å². The van der Waals surface area contributed by atoms with Crippen molar-refractivity contribution in [2.24, 2.45) is 0 Å². The van der Waals surface area contributed by atoms with Crippen molar-refractivity contribution >= 4 is 17.9 Å². The number of hydrogen-bond donors (Lipinski definition) is 2. The van der Waals surface area contributed by atoms with E-state index in [1.54, 1.807) is 0 Å². The van der Waals surface area contributed by atoms with Crippen molar-refractivity contribution < 1.29 is 24.0 Å². The molecule has 0 spiro atoms. The summed E-state index contributed by atoms with van der Waals surface area (Å²) in [7, 11) is 0. The van der Waals surface area contributed by atoms with E-state index >= 15 is 0 Å². The van der Waals surface area contributed by atoms with Crippen molar-refractivity contribution in [1.82, 2.24) is 20.4 Å². The Labute approximate surface area is 149 Å². The number of rotatable bonds is 7. The summed E-state index contributed by atoms with van der Waals surface area (Å²) in [6, 6.07) is 8.41. The number of nitrogens with one attached hydrogen (secondary N) is 1. The number of amides is 3. The van der Waals surface area contributed by atoms with Gasteiger partial charge in [0, 0.05) is 31.8 Å². The van der Waals surface area contributed by atoms with Crippen molar-refractivity contribution in [3.8, 4) is 0 Å². The third kappa shape index (κ3) is 4.44. The molecule has 0 radical (unpaired) electrons. The predicted octanol–water partition coefficient (Wildman–Crippen LogP) is 0.988. The Morgan fingerprint density at radius 3 is 2.77 bits per heavy atom. The van der Waals surface area contributed by atoms with Gasteiger partial charge in [0.2, 0.25) is 11.8 Å². The van der Waals surface area contributed by atoms with Crippen LogP contribution >= 0.6 is 0 Å². The number of carboxylic acids is 1. The molecular weight excluding hydrogens is 340 g/mol. The van der Waals surface area contributed by atoms with Crippen molar-refractivity contribution in [1.29, 1.82) is 0 Å². The predicted molar refractivity (Wildman–Crippen MR) is 88.2 cm³/mol. The molecule has 9 heteroatoms. The maximum Gasteiger partial charge on any atom is 0.324 e. The lowest BCUT2D eigenvalue weighted by molar-refractivity contribution is -0.138. The lowest BCUT2D eigenvalue weighted by Gasteiger charge is -2.30. The van der Waals surface area contributed by atoms with Gasteiger partial charge < -0.3 is 14.9 Å². The molecule has 2 aromatic rings. The van der Waals surface area contributed by atoms with Crippen LogP contribution in [0.5, 0.6) is 0 Å². The smallest absolute Gasteiger partial charge is 0.324 e. The molecule has 1 fully saturated rings. The summed E-state index contributed by atoms with van der Waals surface area (Å²) in [5, 5.41) is 15.2. The SMILES string of the molecule is O=C(O)C[C@H]1CC(=O)N(CCc2nc(Cc3ccccc3)no2)C(=O)N1. The minimum Gasteiger partial charge on any atom is -0.481 e. The summed E-state index contributed by atoms with van der Waals surface area (Å²) in [4.78, 5) is 40.1. The Balaban J connectivity index is 1.53. The monoisotopic (exact) mass is 358 g/mol. The Bertz CT molecular complexity index is 786. The number of carboxylic acid groups (broad SMARTS) is 1. The van der Waals surface area contributed by atoms with E-state index in [4.69, 9.17) is 9.63 Å². The Hall–Kier alpha value is -3.23. The van der Waals surface area contributed by atoms with Gasteiger partial charge in [0.25, 0.3) is 0 Å². The van der Waals surface area contributed by atoms with Crippen LogP contribution < -0.4 is 5.32 Å². The zero-order chi connectivity index (χ0) is 18.5. The van der Waals surface area contributed by atoms with Crippen LogP contribution in [-0.2, 0) is 22.4 Å². The van der Waals surface area contributed by atoms with Crippen LogP contribution in [-0.4, -0.2) is 50.6 Å². The molecule has 1 aliphatic rings. The summed E-state index contributed by atoms with van der Waals surface area (Å²) >= 11 is 0. The number of benzene rings is 1. The number of carbonyl (C=O) groups is 3. The van der Waals surface area contributed by atoms with Gasteiger partial charge in [0.05, 0.1) is 6.42 Å². The highest BCUT2D eigenvalue weighted by Crippen LogP contribution is 2.12. The zero-order valence-corrected chi connectivity index (χ0v) is 13.9. The number of imide groups is 1. The molecule has 136 valence electrons. The Kier molecular flexibility index (Phi) is 5.26. The minimum absolute atomic E-state index is 0.0405. The highest BCUT2D eigenvalue weighted by atomic mass is 16.5. The molecule has 3 amide bonds. The highest BCUT2D eigenvalue weighted by Gasteiger charge is 2.32. The summed E-state index contributed by atoms with van der Waals surface area (Å²) in [6.07, 6.45) is 0.452. The van der Waals surface area contributed by atoms with Gasteiger partial charge in [-0.25, -0.2) is 4.79 Å². The number of urea groups is 1. The first kappa shape index (κ1) is 17.6. The molecule has 1 aromatic heterocycles. The summed E-state index contributed by atoms with van der Waals surface area (Å²) in [6.45, 7) is 0.0947. The number of nitrogens with zero attached hydrogens (tertiary/aromatic N) is 3. The Morgan fingerprint density at radius 2 is 2.08 bits per heavy atom. The molecule has 2 heterocycles. The number of hydrogen-bond acceptors (Lipinski definition) is 6. The summed E-state index contributed by atoms with van der Waals surface area (Å²) in [5.74, 6) is -0.608. The average Bonchev–Trinajstić information content (AvgIpc) is 3.02. The van der Waals surface area contributed by atoms with Crippen molar-refractivity contribution in [3.05, 3.63) is 47.6 Å². The van der Waals surface area contributed by atoms with Crippen LogP contribution in [0.1, 0.15) is 30.1 Å². The lowest BCUT2D eigenvalue weighted by atomic mass is 10.1. The molecule has 1 aliphatic heterocycles. The van der Waals surface area contributed by atoms with Crippen LogP contribution in [0, 0.1) is 0 Å². The second kappa shape index (κ2) is 7.77. The maximum absolute atomic E-state index is 12.1. The van der Waals surface area contributed by atoms with Crippen LogP contribution in [0.4, 0.5) is 4.79 Å². The first-order valence-corrected chi connectivity index (χ1v) is 8.19. The molecular formula is C17H18N4O5. The second-order valence-corrected chi connectivity index (χ2v) is 6.01. The molecule has 2 N–H and O–H groups in total. The van der Waals surface area contributed by atoms with Crippen molar-refractivity contribution in [2.45, 2.75) is 31.7 Å². The van der Waals surface area contributed by atoms with Crippen LogP contribution in [0.25, 0.3) is 0 Å². The minimum atomic E-state index is -1.06. The fourth-order valence-corrected chi connectivity index (χ4v) is 2.75. The summed E-state index contributed by atoms with van der Waals surface area (Å²) < 4.78 is 5.16. The van der Waals surface area contributed by atoms with Crippen molar-refractivity contribution in [2.75, 3.05) is 6.54 Å². The van der Waals surface area contributed by atoms with E-state index < -0.39 is 23.9 Å². The highest BCUT2D eigenvalue weighted by molar-refractivity contribution is 5.97. The molecule has 0 bridgehead atoms. The van der Waals surface area contributed by atoms with Gasteiger partial charge >= 0.3 is 12.0 Å². The molecule has 1 saturated heterocycles. The number of aliphatic carboxylic acids is 1.